The van der Waals surface area contributed by atoms with Crippen molar-refractivity contribution >= 4 is 0 Å². The molecule has 102 valence electrons. The third-order valence-corrected chi connectivity index (χ3v) is 3.21. The van der Waals surface area contributed by atoms with Crippen LogP contribution in [0, 0.1) is 5.92 Å². The Hall–Kier alpha value is -1.06. The van der Waals surface area contributed by atoms with Crippen molar-refractivity contribution < 1.29 is 4.74 Å². The summed E-state index contributed by atoms with van der Waals surface area (Å²) < 4.78 is 5.80. The largest absolute Gasteiger partial charge is 0.493 e. The van der Waals surface area contributed by atoms with Gasteiger partial charge in [0.05, 0.1) is 12.6 Å². The molecule has 0 saturated heterocycles. The highest BCUT2D eigenvalue weighted by Crippen LogP contribution is 2.31. The van der Waals surface area contributed by atoms with Crippen LogP contribution in [0.3, 0.4) is 0 Å². The smallest absolute Gasteiger partial charge is 0.124 e. The Bertz CT molecular complexity index is 341. The molecule has 0 spiro atoms. The molecule has 1 rings (SSSR count). The van der Waals surface area contributed by atoms with E-state index in [1.54, 1.807) is 0 Å². The Morgan fingerprint density at radius 2 is 1.94 bits per heavy atom. The second-order valence-electron chi connectivity index (χ2n) is 4.80. The van der Waals surface area contributed by atoms with E-state index in [0.29, 0.717) is 5.92 Å². The fraction of sp³-hybridized carbons (Fsp3) is 0.600. The highest BCUT2D eigenvalue weighted by atomic mass is 16.5. The average molecular weight is 250 g/mol. The lowest BCUT2D eigenvalue weighted by Gasteiger charge is -2.25. The topological polar surface area (TPSA) is 47.3 Å². The first-order valence-electron chi connectivity index (χ1n) is 6.92. The molecule has 0 saturated carbocycles. The third kappa shape index (κ3) is 4.00. The summed E-state index contributed by atoms with van der Waals surface area (Å²) in [4.78, 5) is 0. The molecule has 0 aliphatic rings. The molecule has 0 aliphatic heterocycles. The lowest BCUT2D eigenvalue weighted by Crippen LogP contribution is -2.32. The van der Waals surface area contributed by atoms with Gasteiger partial charge in [0.2, 0.25) is 0 Å². The van der Waals surface area contributed by atoms with Gasteiger partial charge in [-0.05, 0) is 24.8 Å². The maximum atomic E-state index is 5.80. The number of ether oxygens (including phenoxy) is 1. The molecule has 1 aromatic carbocycles. The maximum absolute atomic E-state index is 5.80. The molecule has 3 N–H and O–H groups in total. The van der Waals surface area contributed by atoms with E-state index in [4.69, 9.17) is 10.6 Å². The van der Waals surface area contributed by atoms with Gasteiger partial charge in [0.1, 0.15) is 5.75 Å². The zero-order valence-electron chi connectivity index (χ0n) is 11.8. The number of hydrazine groups is 1. The number of nitrogens with two attached hydrogens (primary N) is 1. The van der Waals surface area contributed by atoms with Crippen LogP contribution in [0.25, 0.3) is 0 Å². The summed E-state index contributed by atoms with van der Waals surface area (Å²) >= 11 is 0. The number of benzene rings is 1. The number of para-hydroxylation sites is 1. The van der Waals surface area contributed by atoms with E-state index in [-0.39, 0.29) is 6.04 Å². The number of hydrogen-bond donors (Lipinski definition) is 2. The van der Waals surface area contributed by atoms with Gasteiger partial charge in [0.15, 0.2) is 0 Å². The summed E-state index contributed by atoms with van der Waals surface area (Å²) in [6, 6.07) is 8.32. The van der Waals surface area contributed by atoms with Crippen molar-refractivity contribution in [3.05, 3.63) is 29.8 Å². The minimum atomic E-state index is 0.151. The van der Waals surface area contributed by atoms with Crippen molar-refractivity contribution in [2.24, 2.45) is 11.8 Å². The van der Waals surface area contributed by atoms with Crippen LogP contribution >= 0.6 is 0 Å². The zero-order chi connectivity index (χ0) is 13.4. The molecule has 0 heterocycles. The highest BCUT2D eigenvalue weighted by Gasteiger charge is 2.20. The van der Waals surface area contributed by atoms with E-state index in [1.165, 1.54) is 0 Å². The molecular formula is C15H26N2O. The van der Waals surface area contributed by atoms with Gasteiger partial charge in [0.25, 0.3) is 0 Å². The molecule has 0 fully saturated rings. The zero-order valence-corrected chi connectivity index (χ0v) is 11.8. The monoisotopic (exact) mass is 250 g/mol. The minimum Gasteiger partial charge on any atom is -0.493 e. The Morgan fingerprint density at radius 1 is 1.22 bits per heavy atom. The number of rotatable bonds is 8. The van der Waals surface area contributed by atoms with Crippen LogP contribution in [-0.2, 0) is 0 Å². The third-order valence-electron chi connectivity index (χ3n) is 3.21. The van der Waals surface area contributed by atoms with Crippen molar-refractivity contribution in [2.45, 2.75) is 46.1 Å². The summed E-state index contributed by atoms with van der Waals surface area (Å²) in [7, 11) is 0. The van der Waals surface area contributed by atoms with Gasteiger partial charge in [0, 0.05) is 5.56 Å². The van der Waals surface area contributed by atoms with Gasteiger partial charge in [-0.15, -0.1) is 0 Å². The molecule has 2 unspecified atom stereocenters. The van der Waals surface area contributed by atoms with Crippen molar-refractivity contribution in [2.75, 3.05) is 6.61 Å². The van der Waals surface area contributed by atoms with E-state index < -0.39 is 0 Å². The van der Waals surface area contributed by atoms with Crippen LogP contribution in [0.4, 0.5) is 0 Å². The van der Waals surface area contributed by atoms with Crippen molar-refractivity contribution in [3.63, 3.8) is 0 Å². The van der Waals surface area contributed by atoms with Crippen LogP contribution < -0.4 is 16.0 Å². The van der Waals surface area contributed by atoms with Gasteiger partial charge >= 0.3 is 0 Å². The fourth-order valence-electron chi connectivity index (χ4n) is 2.26. The lowest BCUT2D eigenvalue weighted by molar-refractivity contribution is 0.298. The molecule has 0 amide bonds. The normalized spacial score (nSPS) is 14.2. The number of hydrogen-bond acceptors (Lipinski definition) is 3. The van der Waals surface area contributed by atoms with Gasteiger partial charge in [-0.3, -0.25) is 11.3 Å². The Kier molecular flexibility index (Phi) is 6.76. The highest BCUT2D eigenvalue weighted by molar-refractivity contribution is 5.36. The standard InChI is InChI=1S/C15H26N2O/c1-4-8-12(3)15(17-16)13-9-6-7-10-14(13)18-11-5-2/h6-7,9-10,12,15,17H,4-5,8,11,16H2,1-3H3. The van der Waals surface area contributed by atoms with Crippen LogP contribution in [-0.4, -0.2) is 6.61 Å². The van der Waals surface area contributed by atoms with E-state index in [1.807, 2.05) is 18.2 Å². The molecule has 1 aromatic rings. The molecule has 0 bridgehead atoms. The van der Waals surface area contributed by atoms with Gasteiger partial charge in [-0.25, -0.2) is 0 Å². The predicted molar refractivity (Wildman–Crippen MR) is 76.4 cm³/mol. The Labute approximate surface area is 111 Å². The molecule has 18 heavy (non-hydrogen) atoms. The van der Waals surface area contributed by atoms with Crippen LogP contribution in [0.5, 0.6) is 5.75 Å². The molecule has 0 aliphatic carbocycles. The first kappa shape index (κ1) is 15.0. The van der Waals surface area contributed by atoms with Crippen LogP contribution in [0.1, 0.15) is 51.6 Å². The summed E-state index contributed by atoms with van der Waals surface area (Å²) in [6.07, 6.45) is 3.33. The Morgan fingerprint density at radius 3 is 2.56 bits per heavy atom. The molecule has 0 radical (unpaired) electrons. The summed E-state index contributed by atoms with van der Waals surface area (Å²) in [6.45, 7) is 7.28. The van der Waals surface area contributed by atoms with Crippen molar-refractivity contribution in [3.8, 4) is 5.75 Å². The van der Waals surface area contributed by atoms with E-state index in [2.05, 4.69) is 32.3 Å². The minimum absolute atomic E-state index is 0.151. The molecule has 3 heteroatoms. The summed E-state index contributed by atoms with van der Waals surface area (Å²) in [5, 5.41) is 0. The van der Waals surface area contributed by atoms with Gasteiger partial charge < -0.3 is 4.74 Å². The predicted octanol–water partition coefficient (Wildman–Crippen LogP) is 3.42. The van der Waals surface area contributed by atoms with Crippen molar-refractivity contribution in [1.82, 2.24) is 5.43 Å². The first-order chi connectivity index (χ1) is 8.74. The van der Waals surface area contributed by atoms with Gasteiger partial charge in [-0.1, -0.05) is 45.4 Å². The SMILES string of the molecule is CCCOc1ccccc1C(NN)C(C)CCC. The Balaban J connectivity index is 2.89. The van der Waals surface area contributed by atoms with Crippen LogP contribution in [0.15, 0.2) is 24.3 Å². The maximum Gasteiger partial charge on any atom is 0.124 e. The van der Waals surface area contributed by atoms with E-state index in [9.17, 15) is 0 Å². The fourth-order valence-corrected chi connectivity index (χ4v) is 2.26. The van der Waals surface area contributed by atoms with Gasteiger partial charge in [-0.2, -0.15) is 0 Å². The van der Waals surface area contributed by atoms with Crippen LogP contribution in [0.2, 0.25) is 0 Å². The number of nitrogens with one attached hydrogen (secondary N) is 1. The molecule has 0 aromatic heterocycles. The molecule has 2 atom stereocenters. The molecule has 3 nitrogen and oxygen atoms in total. The summed E-state index contributed by atoms with van der Waals surface area (Å²) in [5.41, 5.74) is 4.10. The second-order valence-corrected chi connectivity index (χ2v) is 4.80. The van der Waals surface area contributed by atoms with Crippen molar-refractivity contribution in [1.29, 1.82) is 0 Å². The van der Waals surface area contributed by atoms with E-state index in [0.717, 1.165) is 37.2 Å². The average Bonchev–Trinajstić information content (AvgIpc) is 2.39. The second kappa shape index (κ2) is 8.11. The first-order valence-corrected chi connectivity index (χ1v) is 6.92. The summed E-state index contributed by atoms with van der Waals surface area (Å²) in [5.74, 6) is 7.17. The van der Waals surface area contributed by atoms with E-state index >= 15 is 0 Å². The lowest BCUT2D eigenvalue weighted by atomic mass is 9.91. The molecular weight excluding hydrogens is 224 g/mol. The quantitative estimate of drug-likeness (QED) is 0.549.